The molecular weight excluding hydrogens is 462 g/mol. The van der Waals surface area contributed by atoms with Crippen molar-refractivity contribution in [2.75, 3.05) is 18.4 Å². The van der Waals surface area contributed by atoms with E-state index in [0.717, 1.165) is 0 Å². The van der Waals surface area contributed by atoms with Gasteiger partial charge in [0, 0.05) is 50.2 Å². The van der Waals surface area contributed by atoms with E-state index in [1.54, 1.807) is 64.6 Å². The number of imidazole rings is 1. The molecule has 3 aromatic rings. The molecule has 3 heterocycles. The molecule has 10 nitrogen and oxygen atoms in total. The predicted octanol–water partition coefficient (Wildman–Crippen LogP) is 4.08. The fourth-order valence-corrected chi connectivity index (χ4v) is 3.66. The van der Waals surface area contributed by atoms with Crippen molar-refractivity contribution in [1.29, 1.82) is 0 Å². The minimum Gasteiger partial charge on any atom is -0.459 e. The maximum absolute atomic E-state index is 12.6. The number of hydrogen-bond acceptors (Lipinski definition) is 7. The lowest BCUT2D eigenvalue weighted by Crippen LogP contribution is -2.43. The average molecular weight is 492 g/mol. The summed E-state index contributed by atoms with van der Waals surface area (Å²) in [6.07, 6.45) is 7.01. The molecule has 1 saturated heterocycles. The normalized spacial score (nSPS) is 14.2. The van der Waals surface area contributed by atoms with Gasteiger partial charge < -0.3 is 19.7 Å². The third kappa shape index (κ3) is 6.47. The molecule has 2 aromatic heterocycles. The van der Waals surface area contributed by atoms with Gasteiger partial charge in [0.2, 0.25) is 0 Å². The van der Waals surface area contributed by atoms with E-state index in [9.17, 15) is 14.4 Å². The van der Waals surface area contributed by atoms with Crippen molar-refractivity contribution in [2.24, 2.45) is 0 Å². The van der Waals surface area contributed by atoms with Gasteiger partial charge >= 0.3 is 12.1 Å². The Hall–Kier alpha value is -4.21. The fraction of sp³-hybridized carbons (Fsp3) is 0.346. The molecule has 188 valence electrons. The number of anilines is 1. The van der Waals surface area contributed by atoms with Crippen LogP contribution in [0.5, 0.6) is 0 Å². The van der Waals surface area contributed by atoms with Gasteiger partial charge in [-0.1, -0.05) is 0 Å². The number of esters is 1. The Kier molecular flexibility index (Phi) is 7.33. The molecule has 0 aliphatic carbocycles. The van der Waals surface area contributed by atoms with Crippen molar-refractivity contribution < 1.29 is 23.9 Å². The molecule has 36 heavy (non-hydrogen) atoms. The highest BCUT2D eigenvalue weighted by Crippen LogP contribution is 2.19. The summed E-state index contributed by atoms with van der Waals surface area (Å²) in [5.41, 5.74) is 0.781. The maximum Gasteiger partial charge on any atom is 0.410 e. The Morgan fingerprint density at radius 2 is 1.69 bits per heavy atom. The van der Waals surface area contributed by atoms with Crippen LogP contribution >= 0.6 is 0 Å². The molecule has 1 aliphatic heterocycles. The fourth-order valence-electron chi connectivity index (χ4n) is 3.66. The number of rotatable bonds is 5. The Balaban J connectivity index is 1.26. The zero-order chi connectivity index (χ0) is 25.7. The first kappa shape index (κ1) is 24.9. The number of carbonyl (C=O) groups is 3. The Morgan fingerprint density at radius 1 is 1.00 bits per heavy atom. The van der Waals surface area contributed by atoms with Gasteiger partial charge in [0.05, 0.1) is 11.1 Å². The van der Waals surface area contributed by atoms with Crippen molar-refractivity contribution in [3.63, 3.8) is 0 Å². The highest BCUT2D eigenvalue weighted by atomic mass is 16.6. The van der Waals surface area contributed by atoms with Crippen LogP contribution in [0.15, 0.2) is 61.3 Å². The van der Waals surface area contributed by atoms with Crippen molar-refractivity contribution in [3.8, 4) is 5.82 Å². The molecule has 2 amide bonds. The third-order valence-electron chi connectivity index (χ3n) is 5.52. The first-order valence-electron chi connectivity index (χ1n) is 11.7. The van der Waals surface area contributed by atoms with E-state index >= 15 is 0 Å². The lowest BCUT2D eigenvalue weighted by molar-refractivity contribution is -0.00341. The second-order valence-corrected chi connectivity index (χ2v) is 9.48. The summed E-state index contributed by atoms with van der Waals surface area (Å²) >= 11 is 0. The monoisotopic (exact) mass is 491 g/mol. The van der Waals surface area contributed by atoms with Crippen molar-refractivity contribution in [2.45, 2.75) is 45.3 Å². The van der Waals surface area contributed by atoms with Crippen LogP contribution in [0.3, 0.4) is 0 Å². The van der Waals surface area contributed by atoms with E-state index in [4.69, 9.17) is 9.47 Å². The number of amides is 2. The zero-order valence-corrected chi connectivity index (χ0v) is 20.5. The van der Waals surface area contributed by atoms with Gasteiger partial charge in [0.25, 0.3) is 5.91 Å². The number of carbonyl (C=O) groups excluding carboxylic acids is 3. The molecule has 0 saturated carbocycles. The van der Waals surface area contributed by atoms with Gasteiger partial charge in [0.15, 0.2) is 0 Å². The van der Waals surface area contributed by atoms with Crippen molar-refractivity contribution in [3.05, 3.63) is 72.4 Å². The molecule has 4 rings (SSSR count). The van der Waals surface area contributed by atoms with Crippen LogP contribution in [0.2, 0.25) is 0 Å². The second kappa shape index (κ2) is 10.6. The van der Waals surface area contributed by atoms with Gasteiger partial charge in [-0.3, -0.25) is 9.36 Å². The molecule has 0 spiro atoms. The number of nitrogens with one attached hydrogen (secondary N) is 1. The SMILES string of the molecule is CC(C)(C)OC(=O)N1CCC(OC(=O)c2ccc(NC(=O)c3ccc(-n4ccnc4)nc3)cc2)CC1. The average Bonchev–Trinajstić information content (AvgIpc) is 3.39. The number of aromatic nitrogens is 3. The number of benzene rings is 1. The standard InChI is InChI=1S/C26H29N5O5/c1-26(2,3)36-25(34)30-13-10-21(11-14-30)35-24(33)18-4-7-20(8-5-18)29-23(32)19-6-9-22(28-16-19)31-15-12-27-17-31/h4-9,12,15-17,21H,10-11,13-14H2,1-3H3,(H,29,32). The molecule has 1 aliphatic rings. The third-order valence-corrected chi connectivity index (χ3v) is 5.52. The van der Waals surface area contributed by atoms with Crippen LogP contribution in [0.4, 0.5) is 10.5 Å². The highest BCUT2D eigenvalue weighted by molar-refractivity contribution is 6.04. The molecule has 1 N–H and O–H groups in total. The Labute approximate surface area is 209 Å². The number of nitrogens with zero attached hydrogens (tertiary/aromatic N) is 4. The van der Waals surface area contributed by atoms with E-state index < -0.39 is 11.6 Å². The molecule has 0 unspecified atom stereocenters. The summed E-state index contributed by atoms with van der Waals surface area (Å²) in [5.74, 6) is -0.0999. The van der Waals surface area contributed by atoms with Crippen LogP contribution in [-0.4, -0.2) is 62.2 Å². The molecule has 0 bridgehead atoms. The largest absolute Gasteiger partial charge is 0.459 e. The number of hydrogen-bond donors (Lipinski definition) is 1. The van der Waals surface area contributed by atoms with Gasteiger partial charge in [-0.15, -0.1) is 0 Å². The second-order valence-electron chi connectivity index (χ2n) is 9.48. The van der Waals surface area contributed by atoms with Gasteiger partial charge in [0.1, 0.15) is 23.9 Å². The number of likely N-dealkylation sites (tertiary alicyclic amines) is 1. The molecule has 1 fully saturated rings. The molecule has 0 atom stereocenters. The van der Waals surface area contributed by atoms with Crippen LogP contribution < -0.4 is 5.32 Å². The molecule has 1 aromatic carbocycles. The molecule has 10 heteroatoms. The minimum atomic E-state index is -0.547. The molecule has 0 radical (unpaired) electrons. The topological polar surface area (TPSA) is 116 Å². The summed E-state index contributed by atoms with van der Waals surface area (Å²) in [6, 6.07) is 9.91. The smallest absolute Gasteiger partial charge is 0.410 e. The number of piperidine rings is 1. The summed E-state index contributed by atoms with van der Waals surface area (Å²) in [7, 11) is 0. The lowest BCUT2D eigenvalue weighted by Gasteiger charge is -2.33. The van der Waals surface area contributed by atoms with Gasteiger partial charge in [-0.2, -0.15) is 0 Å². The van der Waals surface area contributed by atoms with Gasteiger partial charge in [-0.05, 0) is 57.2 Å². The summed E-state index contributed by atoms with van der Waals surface area (Å²) < 4.78 is 12.8. The Bertz CT molecular complexity index is 1190. The van der Waals surface area contributed by atoms with E-state index in [1.807, 2.05) is 20.8 Å². The van der Waals surface area contributed by atoms with E-state index in [1.165, 1.54) is 6.20 Å². The quantitative estimate of drug-likeness (QED) is 0.535. The van der Waals surface area contributed by atoms with E-state index in [2.05, 4.69) is 15.3 Å². The number of ether oxygens (including phenoxy) is 2. The van der Waals surface area contributed by atoms with Crippen LogP contribution in [0.1, 0.15) is 54.3 Å². The van der Waals surface area contributed by atoms with E-state index in [0.29, 0.717) is 48.6 Å². The number of pyridine rings is 1. The van der Waals surface area contributed by atoms with Crippen molar-refractivity contribution >= 4 is 23.7 Å². The lowest BCUT2D eigenvalue weighted by atomic mass is 10.1. The first-order valence-corrected chi connectivity index (χ1v) is 11.7. The minimum absolute atomic E-state index is 0.270. The molecular formula is C26H29N5O5. The summed E-state index contributed by atoms with van der Waals surface area (Å²) in [4.78, 5) is 47.2. The predicted molar refractivity (Wildman–Crippen MR) is 132 cm³/mol. The highest BCUT2D eigenvalue weighted by Gasteiger charge is 2.28. The zero-order valence-electron chi connectivity index (χ0n) is 20.5. The van der Waals surface area contributed by atoms with Crippen LogP contribution in [-0.2, 0) is 9.47 Å². The maximum atomic E-state index is 12.6. The van der Waals surface area contributed by atoms with Crippen molar-refractivity contribution in [1.82, 2.24) is 19.4 Å². The Morgan fingerprint density at radius 3 is 2.28 bits per heavy atom. The van der Waals surface area contributed by atoms with Crippen LogP contribution in [0, 0.1) is 0 Å². The summed E-state index contributed by atoms with van der Waals surface area (Å²) in [6.45, 7) is 6.42. The van der Waals surface area contributed by atoms with E-state index in [-0.39, 0.29) is 18.1 Å². The van der Waals surface area contributed by atoms with Crippen LogP contribution in [0.25, 0.3) is 5.82 Å². The first-order chi connectivity index (χ1) is 17.2. The summed E-state index contributed by atoms with van der Waals surface area (Å²) in [5, 5.41) is 2.79. The van der Waals surface area contributed by atoms with Gasteiger partial charge in [-0.25, -0.2) is 19.6 Å².